The number of azo groups is 1. The molecule has 0 bridgehead atoms. The van der Waals surface area contributed by atoms with Crippen LogP contribution in [0.2, 0.25) is 0 Å². The van der Waals surface area contributed by atoms with Gasteiger partial charge >= 0.3 is 11.9 Å². The van der Waals surface area contributed by atoms with Crippen LogP contribution >= 0.6 is 0 Å². The van der Waals surface area contributed by atoms with Gasteiger partial charge in [0.1, 0.15) is 22.9 Å². The molecule has 9 nitrogen and oxygen atoms in total. The molecule has 0 aliphatic heterocycles. The molecule has 3 rings (SSSR count). The highest BCUT2D eigenvalue weighted by atomic mass is 16.7. The average molecular weight is 561 g/mol. The lowest BCUT2D eigenvalue weighted by atomic mass is 10.2. The Hall–Kier alpha value is -4.66. The molecule has 41 heavy (non-hydrogen) atoms. The number of hydrogen-bond acceptors (Lipinski definition) is 9. The number of benzene rings is 3. The summed E-state index contributed by atoms with van der Waals surface area (Å²) >= 11 is 0. The SMILES string of the molecule is C=C(C)C(=O)OCOc1cc(OC(=O)c2ccc(OCCCC)cc2)ccc1N=Nc1ccc(OCCCC)cc1. The average Bonchev–Trinajstić information content (AvgIpc) is 2.98. The van der Waals surface area contributed by atoms with Crippen molar-refractivity contribution in [2.75, 3.05) is 20.0 Å². The first kappa shape index (κ1) is 30.9. The minimum atomic E-state index is -0.598. The first-order valence-electron chi connectivity index (χ1n) is 13.6. The normalized spacial score (nSPS) is 10.7. The fraction of sp³-hybridized carbons (Fsp3) is 0.312. The second-order valence-corrected chi connectivity index (χ2v) is 9.12. The summed E-state index contributed by atoms with van der Waals surface area (Å²) in [6.07, 6.45) is 4.03. The van der Waals surface area contributed by atoms with Crippen molar-refractivity contribution in [1.29, 1.82) is 0 Å². The zero-order valence-corrected chi connectivity index (χ0v) is 23.8. The fourth-order valence-electron chi connectivity index (χ4n) is 3.27. The third kappa shape index (κ3) is 10.4. The number of carbonyl (C=O) groups excluding carboxylic acids is 2. The van der Waals surface area contributed by atoms with Crippen LogP contribution in [0.4, 0.5) is 11.4 Å². The predicted octanol–water partition coefficient (Wildman–Crippen LogP) is 8.13. The van der Waals surface area contributed by atoms with Gasteiger partial charge in [0.2, 0.25) is 6.79 Å². The quantitative estimate of drug-likeness (QED) is 0.0435. The van der Waals surface area contributed by atoms with Crippen LogP contribution in [0.1, 0.15) is 56.8 Å². The third-order valence-corrected chi connectivity index (χ3v) is 5.63. The van der Waals surface area contributed by atoms with Crippen LogP contribution in [0.3, 0.4) is 0 Å². The molecule has 0 saturated carbocycles. The Kier molecular flexibility index (Phi) is 12.4. The Labute approximate surface area is 240 Å². The van der Waals surface area contributed by atoms with Gasteiger partial charge in [-0.25, -0.2) is 9.59 Å². The molecule has 0 spiro atoms. The summed E-state index contributed by atoms with van der Waals surface area (Å²) in [4.78, 5) is 24.5. The Morgan fingerprint density at radius 1 is 0.756 bits per heavy atom. The number of ether oxygens (including phenoxy) is 5. The van der Waals surface area contributed by atoms with Crippen molar-refractivity contribution in [3.8, 4) is 23.0 Å². The van der Waals surface area contributed by atoms with Gasteiger partial charge in [-0.3, -0.25) is 0 Å². The molecule has 0 N–H and O–H groups in total. The van der Waals surface area contributed by atoms with Crippen molar-refractivity contribution >= 4 is 23.3 Å². The van der Waals surface area contributed by atoms with E-state index >= 15 is 0 Å². The molecule has 0 amide bonds. The lowest BCUT2D eigenvalue weighted by Gasteiger charge is -2.11. The number of rotatable bonds is 16. The van der Waals surface area contributed by atoms with Crippen LogP contribution in [0.25, 0.3) is 0 Å². The maximum absolute atomic E-state index is 12.7. The summed E-state index contributed by atoms with van der Waals surface area (Å²) in [6, 6.07) is 18.6. The molecule has 0 aliphatic rings. The molecule has 3 aromatic carbocycles. The fourth-order valence-corrected chi connectivity index (χ4v) is 3.27. The molecule has 216 valence electrons. The molecule has 9 heteroatoms. The van der Waals surface area contributed by atoms with E-state index in [2.05, 4.69) is 30.7 Å². The minimum absolute atomic E-state index is 0.202. The van der Waals surface area contributed by atoms with Gasteiger partial charge in [-0.1, -0.05) is 33.3 Å². The molecule has 0 radical (unpaired) electrons. The molecule has 0 heterocycles. The number of esters is 2. The van der Waals surface area contributed by atoms with Crippen LogP contribution in [-0.4, -0.2) is 31.9 Å². The number of unbranched alkanes of at least 4 members (excludes halogenated alkanes) is 2. The summed E-state index contributed by atoms with van der Waals surface area (Å²) in [5.74, 6) is 0.702. The molecule has 0 aliphatic carbocycles. The lowest BCUT2D eigenvalue weighted by Crippen LogP contribution is -2.11. The molecular formula is C32H36N2O7. The van der Waals surface area contributed by atoms with E-state index in [1.54, 1.807) is 48.5 Å². The van der Waals surface area contributed by atoms with Gasteiger partial charge in [-0.2, -0.15) is 5.11 Å². The highest BCUT2D eigenvalue weighted by molar-refractivity contribution is 5.91. The molecule has 0 atom stereocenters. The summed E-state index contributed by atoms with van der Waals surface area (Å²) < 4.78 is 27.6. The maximum atomic E-state index is 12.7. The molecule has 0 unspecified atom stereocenters. The van der Waals surface area contributed by atoms with Crippen LogP contribution in [-0.2, 0) is 9.53 Å². The minimum Gasteiger partial charge on any atom is -0.494 e. The van der Waals surface area contributed by atoms with Gasteiger partial charge in [0.15, 0.2) is 5.75 Å². The Morgan fingerprint density at radius 2 is 1.34 bits per heavy atom. The predicted molar refractivity (Wildman–Crippen MR) is 156 cm³/mol. The lowest BCUT2D eigenvalue weighted by molar-refractivity contribution is -0.145. The topological polar surface area (TPSA) is 105 Å². The van der Waals surface area contributed by atoms with Crippen LogP contribution in [0.5, 0.6) is 23.0 Å². The van der Waals surface area contributed by atoms with Gasteiger partial charge < -0.3 is 23.7 Å². The van der Waals surface area contributed by atoms with Crippen molar-refractivity contribution in [2.24, 2.45) is 10.2 Å². The second kappa shape index (κ2) is 16.4. The Morgan fingerprint density at radius 3 is 1.93 bits per heavy atom. The number of carbonyl (C=O) groups is 2. The van der Waals surface area contributed by atoms with Crippen molar-refractivity contribution in [2.45, 2.75) is 46.5 Å². The first-order chi connectivity index (χ1) is 19.9. The smallest absolute Gasteiger partial charge is 0.343 e. The van der Waals surface area contributed by atoms with Gasteiger partial charge in [0.25, 0.3) is 0 Å². The zero-order chi connectivity index (χ0) is 29.5. The van der Waals surface area contributed by atoms with Gasteiger partial charge in [-0.05, 0) is 80.4 Å². The van der Waals surface area contributed by atoms with Crippen LogP contribution in [0, 0.1) is 0 Å². The van der Waals surface area contributed by atoms with E-state index < -0.39 is 18.7 Å². The molecule has 0 aromatic heterocycles. The van der Waals surface area contributed by atoms with E-state index in [1.807, 2.05) is 12.1 Å². The monoisotopic (exact) mass is 560 g/mol. The first-order valence-corrected chi connectivity index (χ1v) is 13.6. The largest absolute Gasteiger partial charge is 0.494 e. The van der Waals surface area contributed by atoms with E-state index in [0.29, 0.717) is 35.9 Å². The molecule has 0 saturated heterocycles. The highest BCUT2D eigenvalue weighted by Crippen LogP contribution is 2.34. The van der Waals surface area contributed by atoms with E-state index in [0.717, 1.165) is 31.4 Å². The van der Waals surface area contributed by atoms with Crippen LogP contribution < -0.4 is 18.9 Å². The van der Waals surface area contributed by atoms with E-state index in [4.69, 9.17) is 23.7 Å². The van der Waals surface area contributed by atoms with Crippen molar-refractivity contribution in [1.82, 2.24) is 0 Å². The highest BCUT2D eigenvalue weighted by Gasteiger charge is 2.13. The molecular weight excluding hydrogens is 524 g/mol. The second-order valence-electron chi connectivity index (χ2n) is 9.12. The maximum Gasteiger partial charge on any atom is 0.343 e. The van der Waals surface area contributed by atoms with Crippen molar-refractivity contribution in [3.05, 3.63) is 84.4 Å². The molecule has 3 aromatic rings. The summed E-state index contributed by atoms with van der Waals surface area (Å²) in [7, 11) is 0. The molecule has 0 fully saturated rings. The van der Waals surface area contributed by atoms with Gasteiger partial charge in [-0.15, -0.1) is 5.11 Å². The number of nitrogens with zero attached hydrogens (tertiary/aromatic N) is 2. The number of hydrogen-bond donors (Lipinski definition) is 0. The standard InChI is InChI=1S/C32H36N2O7/c1-5-7-19-37-26-13-9-24(10-14-26)32(36)41-28-17-18-29(30(21-28)39-22-40-31(35)23(3)4)34-33-25-11-15-27(16-12-25)38-20-8-6-2/h9-18,21H,3,5-8,19-20,22H2,1-2,4H3. The van der Waals surface area contributed by atoms with Crippen LogP contribution in [0.15, 0.2) is 89.1 Å². The van der Waals surface area contributed by atoms with Crippen molar-refractivity contribution < 1.29 is 33.3 Å². The zero-order valence-electron chi connectivity index (χ0n) is 23.8. The summed E-state index contributed by atoms with van der Waals surface area (Å²) in [5, 5.41) is 8.55. The summed E-state index contributed by atoms with van der Waals surface area (Å²) in [6.45, 7) is 10.2. The van der Waals surface area contributed by atoms with E-state index in [-0.39, 0.29) is 17.1 Å². The third-order valence-electron chi connectivity index (χ3n) is 5.63. The summed E-state index contributed by atoms with van der Waals surface area (Å²) in [5.41, 5.74) is 1.54. The Balaban J connectivity index is 1.72. The van der Waals surface area contributed by atoms with E-state index in [9.17, 15) is 9.59 Å². The van der Waals surface area contributed by atoms with Gasteiger partial charge in [0.05, 0.1) is 24.5 Å². The van der Waals surface area contributed by atoms with Crippen molar-refractivity contribution in [3.63, 3.8) is 0 Å². The van der Waals surface area contributed by atoms with Gasteiger partial charge in [0, 0.05) is 11.6 Å². The van der Waals surface area contributed by atoms with E-state index in [1.165, 1.54) is 13.0 Å². The Bertz CT molecular complexity index is 1320.